The summed E-state index contributed by atoms with van der Waals surface area (Å²) >= 11 is 0. The molecule has 23 heavy (non-hydrogen) atoms. The van der Waals surface area contributed by atoms with E-state index in [4.69, 9.17) is 5.73 Å². The van der Waals surface area contributed by atoms with Crippen LogP contribution >= 0.6 is 0 Å². The summed E-state index contributed by atoms with van der Waals surface area (Å²) in [4.78, 5) is 25.5. The van der Waals surface area contributed by atoms with Gasteiger partial charge < -0.3 is 15.2 Å². The van der Waals surface area contributed by atoms with Gasteiger partial charge in [-0.1, -0.05) is 6.42 Å². The second-order valence-electron chi connectivity index (χ2n) is 5.71. The highest BCUT2D eigenvalue weighted by molar-refractivity contribution is 5.92. The summed E-state index contributed by atoms with van der Waals surface area (Å²) < 4.78 is 39.8. The van der Waals surface area contributed by atoms with Gasteiger partial charge in [-0.3, -0.25) is 9.59 Å². The summed E-state index contributed by atoms with van der Waals surface area (Å²) in [5.74, 6) is -1.02. The Kier molecular flexibility index (Phi) is 5.46. The maximum absolute atomic E-state index is 13.1. The Morgan fingerprint density at radius 3 is 2.35 bits per heavy atom. The van der Waals surface area contributed by atoms with Crippen molar-refractivity contribution < 1.29 is 18.0 Å². The lowest BCUT2D eigenvalue weighted by Crippen LogP contribution is -2.35. The van der Waals surface area contributed by atoms with Crippen LogP contribution in [0.2, 0.25) is 0 Å². The minimum atomic E-state index is -4.65. The monoisotopic (exact) mass is 331 g/mol. The molecule has 1 amide bonds. The van der Waals surface area contributed by atoms with Crippen LogP contribution in [0.4, 0.5) is 13.2 Å². The SMILES string of the molecule is NC(=O)c1ccc(C(F)(F)F)n(CCCN2CCCCC2)c1=O. The molecule has 1 aromatic rings. The maximum atomic E-state index is 13.1. The highest BCUT2D eigenvalue weighted by Gasteiger charge is 2.35. The van der Waals surface area contributed by atoms with E-state index in [0.717, 1.165) is 38.1 Å². The Labute approximate surface area is 131 Å². The van der Waals surface area contributed by atoms with Crippen molar-refractivity contribution in [1.29, 1.82) is 0 Å². The average Bonchev–Trinajstić information content (AvgIpc) is 2.48. The topological polar surface area (TPSA) is 68.3 Å². The standard InChI is InChI=1S/C15H20F3N3O2/c16-15(17,18)12-6-5-11(13(19)22)14(23)21(12)10-4-9-20-7-2-1-3-8-20/h5-6H,1-4,7-10H2,(H2,19,22). The Hall–Kier alpha value is -1.83. The van der Waals surface area contributed by atoms with Gasteiger partial charge in [-0.2, -0.15) is 13.2 Å². The number of likely N-dealkylation sites (tertiary alicyclic amines) is 1. The van der Waals surface area contributed by atoms with Gasteiger partial charge in [-0.25, -0.2) is 0 Å². The van der Waals surface area contributed by atoms with Gasteiger partial charge in [0, 0.05) is 6.54 Å². The number of pyridine rings is 1. The number of halogens is 3. The number of hydrogen-bond donors (Lipinski definition) is 1. The van der Waals surface area contributed by atoms with Crippen LogP contribution in [0.1, 0.15) is 41.7 Å². The van der Waals surface area contributed by atoms with Crippen molar-refractivity contribution in [2.75, 3.05) is 19.6 Å². The van der Waals surface area contributed by atoms with Crippen LogP contribution in [0.5, 0.6) is 0 Å². The summed E-state index contributed by atoms with van der Waals surface area (Å²) in [5.41, 5.74) is 2.60. The highest BCUT2D eigenvalue weighted by Crippen LogP contribution is 2.28. The number of alkyl halides is 3. The zero-order chi connectivity index (χ0) is 17.0. The number of rotatable bonds is 5. The van der Waals surface area contributed by atoms with Gasteiger partial charge in [0.15, 0.2) is 0 Å². The van der Waals surface area contributed by atoms with Crippen molar-refractivity contribution in [3.8, 4) is 0 Å². The third-order valence-corrected chi connectivity index (χ3v) is 4.03. The van der Waals surface area contributed by atoms with Crippen molar-refractivity contribution in [2.45, 2.75) is 38.4 Å². The fourth-order valence-corrected chi connectivity index (χ4v) is 2.87. The Morgan fingerprint density at radius 1 is 1.13 bits per heavy atom. The van der Waals surface area contributed by atoms with Crippen molar-refractivity contribution in [3.63, 3.8) is 0 Å². The summed E-state index contributed by atoms with van der Waals surface area (Å²) in [6.07, 6.45) is -0.893. The highest BCUT2D eigenvalue weighted by atomic mass is 19.4. The number of carbonyl (C=O) groups excluding carboxylic acids is 1. The first kappa shape index (κ1) is 17.5. The minimum Gasteiger partial charge on any atom is -0.365 e. The third kappa shape index (κ3) is 4.34. The smallest absolute Gasteiger partial charge is 0.365 e. The molecule has 0 aromatic carbocycles. The number of piperidine rings is 1. The number of carbonyl (C=O) groups is 1. The number of hydrogen-bond acceptors (Lipinski definition) is 3. The van der Waals surface area contributed by atoms with E-state index in [2.05, 4.69) is 4.90 Å². The minimum absolute atomic E-state index is 0.0920. The van der Waals surface area contributed by atoms with Crippen LogP contribution in [0.25, 0.3) is 0 Å². The van der Waals surface area contributed by atoms with E-state index in [1.54, 1.807) is 0 Å². The van der Waals surface area contributed by atoms with Crippen LogP contribution in [-0.4, -0.2) is 35.0 Å². The Balaban J connectivity index is 2.18. The Bertz CT molecular complexity index is 619. The van der Waals surface area contributed by atoms with Crippen molar-refractivity contribution in [3.05, 3.63) is 33.7 Å². The van der Waals surface area contributed by atoms with Crippen LogP contribution in [0.3, 0.4) is 0 Å². The van der Waals surface area contributed by atoms with E-state index in [1.165, 1.54) is 6.42 Å². The number of amides is 1. The lowest BCUT2D eigenvalue weighted by Gasteiger charge is -2.26. The largest absolute Gasteiger partial charge is 0.431 e. The van der Waals surface area contributed by atoms with Gasteiger partial charge in [-0.05, 0) is 51.0 Å². The predicted octanol–water partition coefficient (Wildman–Crippen LogP) is 1.84. The number of aromatic nitrogens is 1. The molecule has 1 aromatic heterocycles. The molecule has 0 unspecified atom stereocenters. The molecule has 5 nitrogen and oxygen atoms in total. The number of nitrogens with two attached hydrogens (primary N) is 1. The maximum Gasteiger partial charge on any atom is 0.431 e. The van der Waals surface area contributed by atoms with E-state index in [9.17, 15) is 22.8 Å². The molecule has 2 heterocycles. The predicted molar refractivity (Wildman–Crippen MR) is 79.1 cm³/mol. The van der Waals surface area contributed by atoms with Gasteiger partial charge in [0.2, 0.25) is 0 Å². The second kappa shape index (κ2) is 7.16. The van der Waals surface area contributed by atoms with Gasteiger partial charge >= 0.3 is 6.18 Å². The number of nitrogens with zero attached hydrogens (tertiary/aromatic N) is 2. The zero-order valence-electron chi connectivity index (χ0n) is 12.7. The van der Waals surface area contributed by atoms with E-state index >= 15 is 0 Å². The van der Waals surface area contributed by atoms with Crippen LogP contribution in [-0.2, 0) is 12.7 Å². The third-order valence-electron chi connectivity index (χ3n) is 4.03. The van der Waals surface area contributed by atoms with Crippen LogP contribution < -0.4 is 11.3 Å². The summed E-state index contributed by atoms with van der Waals surface area (Å²) in [6.45, 7) is 2.40. The molecule has 0 bridgehead atoms. The molecule has 128 valence electrons. The molecule has 1 fully saturated rings. The molecule has 0 saturated carbocycles. The first-order valence-corrected chi connectivity index (χ1v) is 7.64. The molecule has 0 aliphatic carbocycles. The van der Waals surface area contributed by atoms with Crippen molar-refractivity contribution >= 4 is 5.91 Å². The molecular weight excluding hydrogens is 311 g/mol. The van der Waals surface area contributed by atoms with Crippen molar-refractivity contribution in [2.24, 2.45) is 5.73 Å². The van der Waals surface area contributed by atoms with Crippen LogP contribution in [0.15, 0.2) is 16.9 Å². The van der Waals surface area contributed by atoms with Crippen molar-refractivity contribution in [1.82, 2.24) is 9.47 Å². The second-order valence-corrected chi connectivity index (χ2v) is 5.71. The van der Waals surface area contributed by atoms with Gasteiger partial charge in [0.25, 0.3) is 11.5 Å². The van der Waals surface area contributed by atoms with E-state index in [1.807, 2.05) is 0 Å². The fraction of sp³-hybridized carbons (Fsp3) is 0.600. The molecule has 1 saturated heterocycles. The average molecular weight is 331 g/mol. The summed E-state index contributed by atoms with van der Waals surface area (Å²) in [5, 5.41) is 0. The molecule has 2 rings (SSSR count). The molecule has 0 spiro atoms. The van der Waals surface area contributed by atoms with Gasteiger partial charge in [0.1, 0.15) is 11.3 Å². The lowest BCUT2D eigenvalue weighted by molar-refractivity contribution is -0.144. The Morgan fingerprint density at radius 2 is 1.78 bits per heavy atom. The molecule has 0 radical (unpaired) electrons. The summed E-state index contributed by atoms with van der Waals surface area (Å²) in [7, 11) is 0. The van der Waals surface area contributed by atoms with Gasteiger partial charge in [-0.15, -0.1) is 0 Å². The molecule has 0 atom stereocenters. The molecule has 2 N–H and O–H groups in total. The first-order chi connectivity index (χ1) is 10.8. The first-order valence-electron chi connectivity index (χ1n) is 7.64. The lowest BCUT2D eigenvalue weighted by atomic mass is 10.1. The zero-order valence-corrected chi connectivity index (χ0v) is 12.7. The van der Waals surface area contributed by atoms with E-state index in [-0.39, 0.29) is 6.54 Å². The fourth-order valence-electron chi connectivity index (χ4n) is 2.87. The van der Waals surface area contributed by atoms with E-state index < -0.39 is 28.9 Å². The van der Waals surface area contributed by atoms with Crippen LogP contribution in [0, 0.1) is 0 Å². The number of primary amides is 1. The molecule has 8 heteroatoms. The quantitative estimate of drug-likeness (QED) is 0.895. The van der Waals surface area contributed by atoms with E-state index in [0.29, 0.717) is 17.5 Å². The summed E-state index contributed by atoms with van der Waals surface area (Å²) in [6, 6.07) is 1.58. The normalized spacial score (nSPS) is 16.5. The molecular formula is C15H20F3N3O2. The molecule has 1 aliphatic rings. The van der Waals surface area contributed by atoms with Gasteiger partial charge in [0.05, 0.1) is 0 Å². The molecule has 1 aliphatic heterocycles.